The molecule has 2 aromatic carbocycles. The number of hydrogen-bond donors (Lipinski definition) is 0. The van der Waals surface area contributed by atoms with Gasteiger partial charge in [0, 0.05) is 6.54 Å². The number of amides is 1. The predicted molar refractivity (Wildman–Crippen MR) is 102 cm³/mol. The Morgan fingerprint density at radius 1 is 1.00 bits per heavy atom. The van der Waals surface area contributed by atoms with Crippen molar-refractivity contribution in [2.45, 2.75) is 25.0 Å². The molecule has 0 bridgehead atoms. The fourth-order valence-corrected chi connectivity index (χ4v) is 3.76. The van der Waals surface area contributed by atoms with Crippen molar-refractivity contribution in [2.75, 3.05) is 27.3 Å². The molecule has 0 unspecified atom stereocenters. The number of nitrogens with zero attached hydrogens (tertiary/aromatic N) is 1. The third kappa shape index (κ3) is 3.65. The molecule has 1 heterocycles. The Hall–Kier alpha value is -2.53. The van der Waals surface area contributed by atoms with E-state index in [0.717, 1.165) is 5.56 Å². The fraction of sp³-hybridized carbons (Fsp3) is 0.409. The van der Waals surface area contributed by atoms with E-state index in [1.54, 1.807) is 26.4 Å². The molecule has 2 atom stereocenters. The van der Waals surface area contributed by atoms with Crippen LogP contribution in [0.5, 0.6) is 11.5 Å². The zero-order valence-electron chi connectivity index (χ0n) is 15.8. The Balaban J connectivity index is 1.62. The molecule has 5 nitrogen and oxygen atoms in total. The van der Waals surface area contributed by atoms with Crippen LogP contribution in [-0.2, 0) is 4.74 Å². The highest BCUT2D eigenvalue weighted by molar-refractivity contribution is 5.98. The Morgan fingerprint density at radius 2 is 1.78 bits per heavy atom. The van der Waals surface area contributed by atoms with Crippen LogP contribution in [-0.4, -0.2) is 44.2 Å². The predicted octanol–water partition coefficient (Wildman–Crippen LogP) is 3.70. The number of benzene rings is 2. The van der Waals surface area contributed by atoms with E-state index in [4.69, 9.17) is 14.2 Å². The lowest BCUT2D eigenvalue weighted by atomic mass is 10.0. The van der Waals surface area contributed by atoms with Crippen LogP contribution in [0.4, 0.5) is 0 Å². The summed E-state index contributed by atoms with van der Waals surface area (Å²) in [5, 5.41) is 0. The zero-order chi connectivity index (χ0) is 18.8. The Kier molecular flexibility index (Phi) is 5.03. The lowest BCUT2D eigenvalue weighted by molar-refractivity contribution is -0.0864. The molecule has 2 aromatic rings. The summed E-state index contributed by atoms with van der Waals surface area (Å²) in [6.07, 6.45) is 2.34. The molecule has 2 aliphatic rings. The zero-order valence-corrected chi connectivity index (χ0v) is 15.8. The standard InChI is InChI=1S/C22H25NO4/c1-25-18-10-6-9-17(21(18)26-2)22(24)23-13-19(15-7-4-3-5-8-15)27-20(14-23)16-11-12-16/h3-10,16,19-20H,11-14H2,1-2H3/t19-,20+/m0/s1. The number of carbonyl (C=O) groups is 1. The maximum absolute atomic E-state index is 13.3. The third-order valence-electron chi connectivity index (χ3n) is 5.37. The molecule has 1 aliphatic carbocycles. The van der Waals surface area contributed by atoms with Crippen molar-refractivity contribution in [1.29, 1.82) is 0 Å². The molecule has 0 spiro atoms. The maximum Gasteiger partial charge on any atom is 0.257 e. The molecule has 1 aliphatic heterocycles. The van der Waals surface area contributed by atoms with Crippen LogP contribution in [0.15, 0.2) is 48.5 Å². The monoisotopic (exact) mass is 367 g/mol. The first kappa shape index (κ1) is 17.9. The van der Waals surface area contributed by atoms with Crippen molar-refractivity contribution in [1.82, 2.24) is 4.90 Å². The average Bonchev–Trinajstić information content (AvgIpc) is 3.58. The van der Waals surface area contributed by atoms with E-state index in [9.17, 15) is 4.79 Å². The van der Waals surface area contributed by atoms with Crippen molar-refractivity contribution < 1.29 is 19.0 Å². The number of rotatable bonds is 5. The maximum atomic E-state index is 13.3. The van der Waals surface area contributed by atoms with Gasteiger partial charge in [0.2, 0.25) is 0 Å². The number of morpholine rings is 1. The molecule has 5 heteroatoms. The van der Waals surface area contributed by atoms with Crippen LogP contribution >= 0.6 is 0 Å². The van der Waals surface area contributed by atoms with Crippen molar-refractivity contribution in [3.05, 3.63) is 59.7 Å². The van der Waals surface area contributed by atoms with Gasteiger partial charge in [0.05, 0.1) is 32.4 Å². The molecular formula is C22H25NO4. The molecule has 1 amide bonds. The van der Waals surface area contributed by atoms with Crippen molar-refractivity contribution in [3.8, 4) is 11.5 Å². The summed E-state index contributed by atoms with van der Waals surface area (Å²) in [7, 11) is 3.14. The fourth-order valence-electron chi connectivity index (χ4n) is 3.76. The van der Waals surface area contributed by atoms with Gasteiger partial charge in [-0.05, 0) is 36.5 Å². The van der Waals surface area contributed by atoms with Gasteiger partial charge in [0.15, 0.2) is 11.5 Å². The Labute approximate surface area is 159 Å². The number of para-hydroxylation sites is 1. The molecule has 0 radical (unpaired) electrons. The molecule has 0 aromatic heterocycles. The molecule has 2 fully saturated rings. The highest BCUT2D eigenvalue weighted by Gasteiger charge is 2.40. The van der Waals surface area contributed by atoms with Crippen LogP contribution in [0.2, 0.25) is 0 Å². The summed E-state index contributed by atoms with van der Waals surface area (Å²) in [5.41, 5.74) is 1.64. The minimum Gasteiger partial charge on any atom is -0.493 e. The van der Waals surface area contributed by atoms with Gasteiger partial charge in [-0.3, -0.25) is 4.79 Å². The topological polar surface area (TPSA) is 48.0 Å². The first-order valence-electron chi connectivity index (χ1n) is 9.42. The van der Waals surface area contributed by atoms with Gasteiger partial charge in [-0.25, -0.2) is 0 Å². The number of carbonyl (C=O) groups excluding carboxylic acids is 1. The molecule has 27 heavy (non-hydrogen) atoms. The molecule has 0 N–H and O–H groups in total. The van der Waals surface area contributed by atoms with E-state index in [0.29, 0.717) is 36.1 Å². The first-order valence-corrected chi connectivity index (χ1v) is 9.42. The van der Waals surface area contributed by atoms with E-state index in [1.165, 1.54) is 12.8 Å². The van der Waals surface area contributed by atoms with Gasteiger partial charge in [0.1, 0.15) is 6.10 Å². The van der Waals surface area contributed by atoms with Crippen LogP contribution < -0.4 is 9.47 Å². The molecule has 1 saturated heterocycles. The van der Waals surface area contributed by atoms with Gasteiger partial charge >= 0.3 is 0 Å². The lowest BCUT2D eigenvalue weighted by Gasteiger charge is -2.39. The van der Waals surface area contributed by atoms with Crippen LogP contribution in [0.3, 0.4) is 0 Å². The summed E-state index contributed by atoms with van der Waals surface area (Å²) in [6.45, 7) is 1.15. The van der Waals surface area contributed by atoms with Crippen LogP contribution in [0, 0.1) is 5.92 Å². The van der Waals surface area contributed by atoms with Gasteiger partial charge in [0.25, 0.3) is 5.91 Å². The molecular weight excluding hydrogens is 342 g/mol. The van der Waals surface area contributed by atoms with Crippen molar-refractivity contribution in [3.63, 3.8) is 0 Å². The van der Waals surface area contributed by atoms with Crippen molar-refractivity contribution in [2.24, 2.45) is 5.92 Å². The molecule has 142 valence electrons. The van der Waals surface area contributed by atoms with Crippen LogP contribution in [0.1, 0.15) is 34.9 Å². The minimum atomic E-state index is -0.105. The average molecular weight is 367 g/mol. The van der Waals surface area contributed by atoms with Gasteiger partial charge in [-0.15, -0.1) is 0 Å². The van der Waals surface area contributed by atoms with E-state index in [-0.39, 0.29) is 18.1 Å². The summed E-state index contributed by atoms with van der Waals surface area (Å²) in [4.78, 5) is 15.3. The minimum absolute atomic E-state index is 0.0411. The summed E-state index contributed by atoms with van der Waals surface area (Å²) < 4.78 is 17.2. The SMILES string of the molecule is COc1cccc(C(=O)N2C[C@@H](c3ccccc3)O[C@@H](C3CC3)C2)c1OC. The Bertz CT molecular complexity index is 803. The smallest absolute Gasteiger partial charge is 0.257 e. The summed E-state index contributed by atoms with van der Waals surface area (Å²) in [6, 6.07) is 15.6. The van der Waals surface area contributed by atoms with Crippen LogP contribution in [0.25, 0.3) is 0 Å². The first-order chi connectivity index (χ1) is 13.2. The number of ether oxygens (including phenoxy) is 3. The highest BCUT2D eigenvalue weighted by Crippen LogP contribution is 2.40. The van der Waals surface area contributed by atoms with E-state index in [2.05, 4.69) is 12.1 Å². The number of methoxy groups -OCH3 is 2. The summed E-state index contributed by atoms with van der Waals surface area (Å²) in [5.74, 6) is 1.56. The normalized spacial score (nSPS) is 22.4. The van der Waals surface area contributed by atoms with E-state index < -0.39 is 0 Å². The van der Waals surface area contributed by atoms with E-state index in [1.807, 2.05) is 29.2 Å². The second kappa shape index (κ2) is 7.61. The third-order valence-corrected chi connectivity index (χ3v) is 5.37. The molecule has 1 saturated carbocycles. The second-order valence-electron chi connectivity index (χ2n) is 7.16. The summed E-state index contributed by atoms with van der Waals surface area (Å²) >= 11 is 0. The largest absolute Gasteiger partial charge is 0.493 e. The quantitative estimate of drug-likeness (QED) is 0.809. The second-order valence-corrected chi connectivity index (χ2v) is 7.16. The molecule has 4 rings (SSSR count). The van der Waals surface area contributed by atoms with Gasteiger partial charge < -0.3 is 19.1 Å². The van der Waals surface area contributed by atoms with Crippen molar-refractivity contribution >= 4 is 5.91 Å². The highest BCUT2D eigenvalue weighted by atomic mass is 16.5. The van der Waals surface area contributed by atoms with E-state index >= 15 is 0 Å². The lowest BCUT2D eigenvalue weighted by Crippen LogP contribution is -2.47. The number of hydrogen-bond acceptors (Lipinski definition) is 4. The Morgan fingerprint density at radius 3 is 2.44 bits per heavy atom. The van der Waals surface area contributed by atoms with Gasteiger partial charge in [-0.2, -0.15) is 0 Å². The van der Waals surface area contributed by atoms with Gasteiger partial charge in [-0.1, -0.05) is 36.4 Å².